The first-order chi connectivity index (χ1) is 12.5. The second kappa shape index (κ2) is 9.70. The number of imide groups is 1. The highest BCUT2D eigenvalue weighted by atomic mass is 16.5. The molecule has 0 bridgehead atoms. The molecule has 0 saturated carbocycles. The summed E-state index contributed by atoms with van der Waals surface area (Å²) in [7, 11) is 0. The zero-order valence-electron chi connectivity index (χ0n) is 14.9. The van der Waals surface area contributed by atoms with E-state index in [-0.39, 0.29) is 18.6 Å². The number of esters is 1. The van der Waals surface area contributed by atoms with Crippen LogP contribution >= 0.6 is 0 Å². The van der Waals surface area contributed by atoms with Crippen molar-refractivity contribution in [2.45, 2.75) is 45.4 Å². The number of carbonyl (C=O) groups is 4. The van der Waals surface area contributed by atoms with Crippen LogP contribution in [0.4, 0.5) is 4.79 Å². The lowest BCUT2D eigenvalue weighted by Gasteiger charge is -2.07. The number of rotatable bonds is 8. The smallest absolute Gasteiger partial charge is 0.321 e. The number of ketones is 1. The van der Waals surface area contributed by atoms with E-state index >= 15 is 0 Å². The Bertz CT molecular complexity index is 699. The van der Waals surface area contributed by atoms with Gasteiger partial charge in [-0.2, -0.15) is 0 Å². The third-order valence-corrected chi connectivity index (χ3v) is 4.13. The van der Waals surface area contributed by atoms with E-state index in [0.29, 0.717) is 12.1 Å². The molecule has 0 spiro atoms. The van der Waals surface area contributed by atoms with Gasteiger partial charge < -0.3 is 10.1 Å². The van der Waals surface area contributed by atoms with Crippen molar-refractivity contribution in [2.24, 2.45) is 0 Å². The van der Waals surface area contributed by atoms with Crippen LogP contribution in [0.1, 0.15) is 54.1 Å². The fourth-order valence-corrected chi connectivity index (χ4v) is 2.77. The van der Waals surface area contributed by atoms with Crippen molar-refractivity contribution in [1.29, 1.82) is 0 Å². The molecule has 0 radical (unpaired) electrons. The maximum Gasteiger partial charge on any atom is 0.321 e. The van der Waals surface area contributed by atoms with Crippen LogP contribution in [0, 0.1) is 0 Å². The molecule has 0 fully saturated rings. The van der Waals surface area contributed by atoms with Crippen molar-refractivity contribution >= 4 is 23.7 Å². The molecule has 0 unspecified atom stereocenters. The minimum Gasteiger partial charge on any atom is -0.456 e. The van der Waals surface area contributed by atoms with Crippen LogP contribution < -0.4 is 10.6 Å². The lowest BCUT2D eigenvalue weighted by Crippen LogP contribution is -2.41. The summed E-state index contributed by atoms with van der Waals surface area (Å²) in [5.41, 5.74) is 3.09. The van der Waals surface area contributed by atoms with Crippen molar-refractivity contribution in [1.82, 2.24) is 10.6 Å². The number of carbonyl (C=O) groups excluding carboxylic acids is 4. The number of hydrogen-bond acceptors (Lipinski definition) is 5. The molecule has 0 aliphatic heterocycles. The first-order valence-electron chi connectivity index (χ1n) is 8.88. The van der Waals surface area contributed by atoms with Crippen LogP contribution in [0.25, 0.3) is 0 Å². The molecule has 1 aliphatic carbocycles. The maximum atomic E-state index is 12.2. The van der Waals surface area contributed by atoms with E-state index in [9.17, 15) is 19.2 Å². The molecule has 2 rings (SSSR count). The van der Waals surface area contributed by atoms with E-state index in [2.05, 4.69) is 10.6 Å². The highest BCUT2D eigenvalue weighted by Crippen LogP contribution is 2.23. The quantitative estimate of drug-likeness (QED) is 0.545. The number of amides is 3. The molecule has 26 heavy (non-hydrogen) atoms. The fourth-order valence-electron chi connectivity index (χ4n) is 2.77. The summed E-state index contributed by atoms with van der Waals surface area (Å²) >= 11 is 0. The van der Waals surface area contributed by atoms with Crippen LogP contribution in [0.5, 0.6) is 0 Å². The molecule has 0 saturated heterocycles. The van der Waals surface area contributed by atoms with E-state index < -0.39 is 24.5 Å². The minimum absolute atomic E-state index is 0.0240. The van der Waals surface area contributed by atoms with Crippen LogP contribution in [0.3, 0.4) is 0 Å². The third kappa shape index (κ3) is 5.98. The van der Waals surface area contributed by atoms with E-state index in [1.54, 1.807) is 6.07 Å². The molecule has 140 valence electrons. The van der Waals surface area contributed by atoms with E-state index in [1.165, 1.54) is 11.1 Å². The van der Waals surface area contributed by atoms with Crippen LogP contribution in [-0.2, 0) is 27.2 Å². The normalized spacial score (nSPS) is 12.2. The summed E-state index contributed by atoms with van der Waals surface area (Å²) in [6, 6.07) is 5.04. The molecule has 7 heteroatoms. The number of aryl methyl sites for hydroxylation is 2. The van der Waals surface area contributed by atoms with Crippen molar-refractivity contribution < 1.29 is 23.9 Å². The van der Waals surface area contributed by atoms with Crippen molar-refractivity contribution in [3.63, 3.8) is 0 Å². The maximum absolute atomic E-state index is 12.2. The first kappa shape index (κ1) is 19.6. The monoisotopic (exact) mass is 360 g/mol. The van der Waals surface area contributed by atoms with Gasteiger partial charge in [0.05, 0.1) is 6.42 Å². The fraction of sp³-hybridized carbons (Fsp3) is 0.474. The van der Waals surface area contributed by atoms with Gasteiger partial charge in [-0.05, 0) is 42.9 Å². The number of fused-ring (bicyclic) bond motifs is 1. The summed E-state index contributed by atoms with van der Waals surface area (Å²) in [4.78, 5) is 46.6. The van der Waals surface area contributed by atoms with Gasteiger partial charge in [0, 0.05) is 18.5 Å². The number of urea groups is 1. The number of ether oxygens (including phenoxy) is 1. The Morgan fingerprint density at radius 3 is 2.62 bits per heavy atom. The summed E-state index contributed by atoms with van der Waals surface area (Å²) in [5, 5.41) is 4.52. The molecule has 0 heterocycles. The van der Waals surface area contributed by atoms with Gasteiger partial charge in [-0.3, -0.25) is 19.7 Å². The summed E-state index contributed by atoms with van der Waals surface area (Å²) < 4.78 is 4.79. The molecule has 0 aromatic heterocycles. The van der Waals surface area contributed by atoms with Crippen LogP contribution in [0.2, 0.25) is 0 Å². The summed E-state index contributed by atoms with van der Waals surface area (Å²) in [5.74, 6) is -1.49. The molecule has 7 nitrogen and oxygen atoms in total. The van der Waals surface area contributed by atoms with Crippen LogP contribution in [0.15, 0.2) is 18.2 Å². The van der Waals surface area contributed by atoms with Crippen molar-refractivity contribution in [2.75, 3.05) is 13.2 Å². The van der Waals surface area contributed by atoms with E-state index in [0.717, 1.165) is 25.7 Å². The van der Waals surface area contributed by atoms with Crippen molar-refractivity contribution in [3.05, 3.63) is 34.9 Å². The van der Waals surface area contributed by atoms with E-state index in [4.69, 9.17) is 4.74 Å². The number of benzene rings is 1. The Balaban J connectivity index is 1.69. The molecular formula is C19H24N2O5. The average molecular weight is 360 g/mol. The summed E-state index contributed by atoms with van der Waals surface area (Å²) in [6.45, 7) is 1.78. The molecule has 1 aromatic carbocycles. The number of Topliss-reactive ketones (excluding diaryl/α,β-unsaturated/α-hetero) is 1. The molecular weight excluding hydrogens is 336 g/mol. The van der Waals surface area contributed by atoms with Gasteiger partial charge in [-0.1, -0.05) is 19.1 Å². The highest BCUT2D eigenvalue weighted by molar-refractivity contribution is 5.98. The lowest BCUT2D eigenvalue weighted by molar-refractivity contribution is -0.148. The topological polar surface area (TPSA) is 102 Å². The second-order valence-corrected chi connectivity index (χ2v) is 6.22. The third-order valence-electron chi connectivity index (χ3n) is 4.13. The predicted molar refractivity (Wildman–Crippen MR) is 94.8 cm³/mol. The lowest BCUT2D eigenvalue weighted by atomic mass is 10.0. The van der Waals surface area contributed by atoms with Gasteiger partial charge in [-0.25, -0.2) is 4.79 Å². The molecule has 0 atom stereocenters. The Kier molecular flexibility index (Phi) is 7.32. The molecule has 2 N–H and O–H groups in total. The van der Waals surface area contributed by atoms with Gasteiger partial charge in [0.15, 0.2) is 12.4 Å². The number of hydrogen-bond donors (Lipinski definition) is 2. The first-order valence-corrected chi connectivity index (χ1v) is 8.88. The Morgan fingerprint density at radius 2 is 1.85 bits per heavy atom. The minimum atomic E-state index is -0.711. The van der Waals surface area contributed by atoms with Gasteiger partial charge in [-0.15, -0.1) is 0 Å². The predicted octanol–water partition coefficient (Wildman–Crippen LogP) is 1.92. The zero-order valence-corrected chi connectivity index (χ0v) is 14.9. The Labute approximate surface area is 152 Å². The van der Waals surface area contributed by atoms with Gasteiger partial charge >= 0.3 is 12.0 Å². The molecule has 1 aliphatic rings. The van der Waals surface area contributed by atoms with Gasteiger partial charge in [0.2, 0.25) is 0 Å². The number of nitrogens with one attached hydrogen (secondary N) is 2. The average Bonchev–Trinajstić information content (AvgIpc) is 3.10. The summed E-state index contributed by atoms with van der Waals surface area (Å²) in [6.07, 6.45) is 3.81. The highest BCUT2D eigenvalue weighted by Gasteiger charge is 2.16. The SMILES string of the molecule is CCCNC(=O)NC(=O)COC(=O)CCC(=O)c1ccc2c(c1)CCC2. The van der Waals surface area contributed by atoms with E-state index in [1.807, 2.05) is 19.1 Å². The Hall–Kier alpha value is -2.70. The largest absolute Gasteiger partial charge is 0.456 e. The van der Waals surface area contributed by atoms with Gasteiger partial charge in [0.25, 0.3) is 5.91 Å². The van der Waals surface area contributed by atoms with Gasteiger partial charge in [0.1, 0.15) is 0 Å². The van der Waals surface area contributed by atoms with Crippen molar-refractivity contribution in [3.8, 4) is 0 Å². The standard InChI is InChI=1S/C19H24N2O5/c1-2-10-20-19(25)21-17(23)12-26-18(24)9-8-16(22)15-7-6-13-4-3-5-14(13)11-15/h6-7,11H,2-5,8-10,12H2,1H3,(H2,20,21,23,25). The Morgan fingerprint density at radius 1 is 1.08 bits per heavy atom. The van der Waals surface area contributed by atoms with Crippen LogP contribution in [-0.4, -0.2) is 36.8 Å². The molecule has 1 aromatic rings. The second-order valence-electron chi connectivity index (χ2n) is 6.22. The molecule has 3 amide bonds. The zero-order chi connectivity index (χ0) is 18.9.